The first-order valence-corrected chi connectivity index (χ1v) is 6.91. The summed E-state index contributed by atoms with van der Waals surface area (Å²) in [5, 5.41) is 0. The van der Waals surface area contributed by atoms with Gasteiger partial charge in [-0.25, -0.2) is 0 Å². The quantitative estimate of drug-likeness (QED) is 0.836. The summed E-state index contributed by atoms with van der Waals surface area (Å²) < 4.78 is 5.41. The largest absolute Gasteiger partial charge is 0.490 e. The highest BCUT2D eigenvalue weighted by Gasteiger charge is 2.35. The molecule has 1 unspecified atom stereocenters. The van der Waals surface area contributed by atoms with E-state index in [-0.39, 0.29) is 11.3 Å². The summed E-state index contributed by atoms with van der Waals surface area (Å²) in [5.74, 6) is 0.812. The molecule has 0 aromatic heterocycles. The molecule has 1 aromatic rings. The highest BCUT2D eigenvalue weighted by molar-refractivity contribution is 5.94. The summed E-state index contributed by atoms with van der Waals surface area (Å²) in [6.45, 7) is 8.33. The molecule has 1 atom stereocenters. The Balaban J connectivity index is 2.01. The topological polar surface area (TPSA) is 55.6 Å². The molecule has 1 aliphatic rings. The van der Waals surface area contributed by atoms with Gasteiger partial charge in [0.1, 0.15) is 12.4 Å². The fourth-order valence-corrected chi connectivity index (χ4v) is 2.40. The third kappa shape index (κ3) is 3.20. The molecule has 0 saturated carbocycles. The molecule has 1 saturated heterocycles. The Bertz CT molecular complexity index is 484. The summed E-state index contributed by atoms with van der Waals surface area (Å²) in [7, 11) is 0. The smallest absolute Gasteiger partial charge is 0.253 e. The van der Waals surface area contributed by atoms with Crippen LogP contribution in [0.15, 0.2) is 36.9 Å². The average molecular weight is 274 g/mol. The van der Waals surface area contributed by atoms with Crippen LogP contribution in [-0.2, 0) is 0 Å². The predicted octanol–water partition coefficient (Wildman–Crippen LogP) is 2.06. The minimum absolute atomic E-state index is 0.0582. The molecule has 108 valence electrons. The number of rotatable bonds is 5. The second-order valence-electron chi connectivity index (χ2n) is 5.62. The van der Waals surface area contributed by atoms with Crippen molar-refractivity contribution in [3.05, 3.63) is 42.5 Å². The molecule has 1 aliphatic heterocycles. The molecular weight excluding hydrogens is 252 g/mol. The third-order valence-corrected chi connectivity index (χ3v) is 3.81. The van der Waals surface area contributed by atoms with Gasteiger partial charge in [-0.15, -0.1) is 0 Å². The molecule has 0 spiro atoms. The molecule has 2 N–H and O–H groups in total. The summed E-state index contributed by atoms with van der Waals surface area (Å²) >= 11 is 0. The van der Waals surface area contributed by atoms with Crippen LogP contribution < -0.4 is 10.5 Å². The van der Waals surface area contributed by atoms with Gasteiger partial charge in [-0.05, 0) is 42.6 Å². The summed E-state index contributed by atoms with van der Waals surface area (Å²) in [5.41, 5.74) is 6.52. The Hall–Kier alpha value is -1.81. The van der Waals surface area contributed by atoms with Gasteiger partial charge in [0.25, 0.3) is 5.91 Å². The first-order chi connectivity index (χ1) is 9.58. The maximum Gasteiger partial charge on any atom is 0.253 e. The standard InChI is InChI=1S/C16H22N2O2/c1-3-10-20-14-6-4-13(5-7-14)15(19)18-9-8-16(2,11-17)12-18/h3-7H,1,8-12,17H2,2H3. The molecule has 1 heterocycles. The van der Waals surface area contributed by atoms with Crippen LogP contribution in [-0.4, -0.2) is 37.0 Å². The minimum Gasteiger partial charge on any atom is -0.490 e. The number of carbonyl (C=O) groups excluding carboxylic acids is 1. The number of hydrogen-bond donors (Lipinski definition) is 1. The monoisotopic (exact) mass is 274 g/mol. The Kier molecular flexibility index (Phi) is 4.45. The normalized spacial score (nSPS) is 21.8. The van der Waals surface area contributed by atoms with Crippen molar-refractivity contribution < 1.29 is 9.53 Å². The van der Waals surface area contributed by atoms with Gasteiger partial charge < -0.3 is 15.4 Å². The number of benzene rings is 1. The Morgan fingerprint density at radius 1 is 1.50 bits per heavy atom. The molecular formula is C16H22N2O2. The van der Waals surface area contributed by atoms with Crippen molar-refractivity contribution >= 4 is 5.91 Å². The molecule has 0 aliphatic carbocycles. The first-order valence-electron chi connectivity index (χ1n) is 6.91. The predicted molar refractivity (Wildman–Crippen MR) is 79.8 cm³/mol. The molecule has 1 amide bonds. The van der Waals surface area contributed by atoms with Crippen LogP contribution in [0.4, 0.5) is 0 Å². The highest BCUT2D eigenvalue weighted by atomic mass is 16.5. The van der Waals surface area contributed by atoms with Crippen molar-refractivity contribution in [2.24, 2.45) is 11.1 Å². The average Bonchev–Trinajstić information content (AvgIpc) is 2.88. The van der Waals surface area contributed by atoms with Crippen LogP contribution in [0.25, 0.3) is 0 Å². The van der Waals surface area contributed by atoms with Crippen LogP contribution in [0.2, 0.25) is 0 Å². The maximum absolute atomic E-state index is 12.4. The van der Waals surface area contributed by atoms with Crippen LogP contribution in [0.3, 0.4) is 0 Å². The summed E-state index contributed by atoms with van der Waals surface area (Å²) in [6.07, 6.45) is 2.66. The van der Waals surface area contributed by atoms with Gasteiger partial charge in [0.2, 0.25) is 0 Å². The molecule has 20 heavy (non-hydrogen) atoms. The van der Waals surface area contributed by atoms with Crippen molar-refractivity contribution in [1.29, 1.82) is 0 Å². The van der Waals surface area contributed by atoms with E-state index in [4.69, 9.17) is 10.5 Å². The zero-order chi connectivity index (χ0) is 14.6. The van der Waals surface area contributed by atoms with Crippen molar-refractivity contribution in [2.45, 2.75) is 13.3 Å². The zero-order valence-electron chi connectivity index (χ0n) is 12.0. The zero-order valence-corrected chi connectivity index (χ0v) is 12.0. The van der Waals surface area contributed by atoms with E-state index < -0.39 is 0 Å². The maximum atomic E-state index is 12.4. The molecule has 0 radical (unpaired) electrons. The Morgan fingerprint density at radius 3 is 2.75 bits per heavy atom. The number of carbonyl (C=O) groups is 1. The number of ether oxygens (including phenoxy) is 1. The lowest BCUT2D eigenvalue weighted by Gasteiger charge is -2.22. The van der Waals surface area contributed by atoms with Gasteiger partial charge in [-0.1, -0.05) is 19.6 Å². The number of likely N-dealkylation sites (tertiary alicyclic amines) is 1. The van der Waals surface area contributed by atoms with Gasteiger partial charge in [-0.2, -0.15) is 0 Å². The third-order valence-electron chi connectivity index (χ3n) is 3.81. The van der Waals surface area contributed by atoms with E-state index in [0.717, 1.165) is 25.3 Å². The Morgan fingerprint density at radius 2 is 2.20 bits per heavy atom. The van der Waals surface area contributed by atoms with Crippen molar-refractivity contribution in [1.82, 2.24) is 4.90 Å². The second-order valence-corrected chi connectivity index (χ2v) is 5.62. The lowest BCUT2D eigenvalue weighted by molar-refractivity contribution is 0.0777. The molecule has 1 fully saturated rings. The SMILES string of the molecule is C=CCOc1ccc(C(=O)N2CCC(C)(CN)C2)cc1. The van der Waals surface area contributed by atoms with Crippen LogP contribution in [0, 0.1) is 5.41 Å². The van der Waals surface area contributed by atoms with Crippen molar-refractivity contribution in [2.75, 3.05) is 26.2 Å². The van der Waals surface area contributed by atoms with E-state index in [0.29, 0.717) is 18.7 Å². The summed E-state index contributed by atoms with van der Waals surface area (Å²) in [4.78, 5) is 14.3. The van der Waals surface area contributed by atoms with Crippen LogP contribution in [0.1, 0.15) is 23.7 Å². The number of nitrogens with zero attached hydrogens (tertiary/aromatic N) is 1. The number of hydrogen-bond acceptors (Lipinski definition) is 3. The van der Waals surface area contributed by atoms with E-state index in [2.05, 4.69) is 13.5 Å². The molecule has 0 bridgehead atoms. The van der Waals surface area contributed by atoms with Gasteiger partial charge in [0.05, 0.1) is 0 Å². The van der Waals surface area contributed by atoms with E-state index in [1.807, 2.05) is 17.0 Å². The molecule has 2 rings (SSSR count). The van der Waals surface area contributed by atoms with Crippen molar-refractivity contribution in [3.63, 3.8) is 0 Å². The van der Waals surface area contributed by atoms with Crippen molar-refractivity contribution in [3.8, 4) is 5.75 Å². The second kappa shape index (κ2) is 6.09. The first kappa shape index (κ1) is 14.6. The lowest BCUT2D eigenvalue weighted by atomic mass is 9.90. The van der Waals surface area contributed by atoms with E-state index in [9.17, 15) is 4.79 Å². The van der Waals surface area contributed by atoms with Gasteiger partial charge >= 0.3 is 0 Å². The lowest BCUT2D eigenvalue weighted by Crippen LogP contribution is -2.34. The number of nitrogens with two attached hydrogens (primary N) is 1. The number of amides is 1. The van der Waals surface area contributed by atoms with Crippen LogP contribution in [0.5, 0.6) is 5.75 Å². The molecule has 4 heteroatoms. The van der Waals surface area contributed by atoms with E-state index >= 15 is 0 Å². The molecule has 4 nitrogen and oxygen atoms in total. The van der Waals surface area contributed by atoms with E-state index in [1.54, 1.807) is 18.2 Å². The van der Waals surface area contributed by atoms with E-state index in [1.165, 1.54) is 0 Å². The van der Waals surface area contributed by atoms with Crippen LogP contribution >= 0.6 is 0 Å². The highest BCUT2D eigenvalue weighted by Crippen LogP contribution is 2.29. The van der Waals surface area contributed by atoms with Gasteiger partial charge in [-0.3, -0.25) is 4.79 Å². The van der Waals surface area contributed by atoms with Gasteiger partial charge in [0, 0.05) is 18.7 Å². The summed E-state index contributed by atoms with van der Waals surface area (Å²) in [6, 6.07) is 7.24. The fraction of sp³-hybridized carbons (Fsp3) is 0.438. The fourth-order valence-electron chi connectivity index (χ4n) is 2.40. The minimum atomic E-state index is 0.0582. The Labute approximate surface area is 120 Å². The van der Waals surface area contributed by atoms with Gasteiger partial charge in [0.15, 0.2) is 0 Å². The molecule has 1 aromatic carbocycles.